The number of nitrogens with one attached hydrogen (secondary N) is 2. The quantitative estimate of drug-likeness (QED) is 0.907. The maximum atomic E-state index is 13.5. The van der Waals surface area contributed by atoms with Crippen molar-refractivity contribution in [1.82, 2.24) is 0 Å². The first-order chi connectivity index (χ1) is 10.2. The molecule has 0 spiro atoms. The Morgan fingerprint density at radius 1 is 1.09 bits per heavy atom. The molecule has 5 nitrogen and oxygen atoms in total. The standard InChI is InChI=1S/C14H12F2N2O3S/c1-22(20,21)18-13-8-11(5-6-12(13)16)17-14(19)9-3-2-4-10(15)7-9/h2-8,18H,1H3,(H,17,19). The lowest BCUT2D eigenvalue weighted by Crippen LogP contribution is -2.14. The fourth-order valence-corrected chi connectivity index (χ4v) is 2.27. The van der Waals surface area contributed by atoms with E-state index in [-0.39, 0.29) is 16.9 Å². The molecule has 2 aromatic rings. The summed E-state index contributed by atoms with van der Waals surface area (Å²) >= 11 is 0. The van der Waals surface area contributed by atoms with E-state index in [1.807, 2.05) is 4.72 Å². The van der Waals surface area contributed by atoms with E-state index in [2.05, 4.69) is 5.32 Å². The van der Waals surface area contributed by atoms with Crippen molar-refractivity contribution in [1.29, 1.82) is 0 Å². The lowest BCUT2D eigenvalue weighted by Gasteiger charge is -2.09. The molecule has 2 N–H and O–H groups in total. The summed E-state index contributed by atoms with van der Waals surface area (Å²) in [7, 11) is -3.65. The van der Waals surface area contributed by atoms with Crippen molar-refractivity contribution < 1.29 is 22.0 Å². The van der Waals surface area contributed by atoms with Crippen LogP contribution in [-0.2, 0) is 10.0 Å². The minimum absolute atomic E-state index is 0.0851. The summed E-state index contributed by atoms with van der Waals surface area (Å²) in [4.78, 5) is 11.9. The van der Waals surface area contributed by atoms with Crippen molar-refractivity contribution in [2.75, 3.05) is 16.3 Å². The third kappa shape index (κ3) is 4.26. The van der Waals surface area contributed by atoms with Gasteiger partial charge in [0.25, 0.3) is 5.91 Å². The molecule has 0 aliphatic rings. The molecule has 2 aromatic carbocycles. The molecular weight excluding hydrogens is 314 g/mol. The smallest absolute Gasteiger partial charge is 0.255 e. The number of anilines is 2. The Hall–Kier alpha value is -2.48. The van der Waals surface area contributed by atoms with Crippen molar-refractivity contribution in [3.63, 3.8) is 0 Å². The summed E-state index contributed by atoms with van der Waals surface area (Å²) in [5, 5.41) is 2.43. The van der Waals surface area contributed by atoms with Gasteiger partial charge in [-0.05, 0) is 36.4 Å². The second-order valence-electron chi connectivity index (χ2n) is 4.53. The second kappa shape index (κ2) is 6.10. The van der Waals surface area contributed by atoms with Gasteiger partial charge in [-0.25, -0.2) is 17.2 Å². The predicted molar refractivity (Wildman–Crippen MR) is 79.2 cm³/mol. The number of amides is 1. The number of benzene rings is 2. The minimum Gasteiger partial charge on any atom is -0.322 e. The molecular formula is C14H12F2N2O3S. The Labute approximate surface area is 126 Å². The van der Waals surface area contributed by atoms with Gasteiger partial charge in [0, 0.05) is 11.3 Å². The third-order valence-electron chi connectivity index (χ3n) is 2.61. The molecule has 0 aliphatic carbocycles. The first-order valence-electron chi connectivity index (χ1n) is 6.09. The highest BCUT2D eigenvalue weighted by atomic mass is 32.2. The summed E-state index contributed by atoms with van der Waals surface area (Å²) in [6.07, 6.45) is 0.879. The lowest BCUT2D eigenvalue weighted by molar-refractivity contribution is 0.102. The number of hydrogen-bond donors (Lipinski definition) is 2. The van der Waals surface area contributed by atoms with Crippen LogP contribution in [0.1, 0.15) is 10.4 Å². The van der Waals surface area contributed by atoms with Crippen LogP contribution in [0.15, 0.2) is 42.5 Å². The van der Waals surface area contributed by atoms with Gasteiger partial charge >= 0.3 is 0 Å². The van der Waals surface area contributed by atoms with E-state index in [0.717, 1.165) is 24.5 Å². The van der Waals surface area contributed by atoms with Crippen molar-refractivity contribution in [2.24, 2.45) is 0 Å². The fraction of sp³-hybridized carbons (Fsp3) is 0.0714. The van der Waals surface area contributed by atoms with E-state index in [9.17, 15) is 22.0 Å². The Kier molecular flexibility index (Phi) is 4.41. The zero-order valence-corrected chi connectivity index (χ0v) is 12.2. The van der Waals surface area contributed by atoms with Crippen molar-refractivity contribution >= 4 is 27.3 Å². The molecule has 2 rings (SSSR count). The third-order valence-corrected chi connectivity index (χ3v) is 3.20. The van der Waals surface area contributed by atoms with Gasteiger partial charge in [-0.2, -0.15) is 0 Å². The number of halogens is 2. The molecule has 22 heavy (non-hydrogen) atoms. The van der Waals surface area contributed by atoms with Crippen molar-refractivity contribution in [3.05, 3.63) is 59.7 Å². The highest BCUT2D eigenvalue weighted by Gasteiger charge is 2.11. The van der Waals surface area contributed by atoms with Crippen LogP contribution in [-0.4, -0.2) is 20.6 Å². The topological polar surface area (TPSA) is 75.3 Å². The van der Waals surface area contributed by atoms with E-state index in [4.69, 9.17) is 0 Å². The van der Waals surface area contributed by atoms with Crippen LogP contribution in [0.3, 0.4) is 0 Å². The zero-order valence-electron chi connectivity index (χ0n) is 11.4. The lowest BCUT2D eigenvalue weighted by atomic mass is 10.2. The highest BCUT2D eigenvalue weighted by molar-refractivity contribution is 7.92. The van der Waals surface area contributed by atoms with Crippen LogP contribution in [0.2, 0.25) is 0 Å². The molecule has 0 saturated carbocycles. The fourth-order valence-electron chi connectivity index (χ4n) is 1.71. The normalized spacial score (nSPS) is 11.0. The van der Waals surface area contributed by atoms with Gasteiger partial charge in [-0.1, -0.05) is 6.07 Å². The van der Waals surface area contributed by atoms with Gasteiger partial charge in [0.05, 0.1) is 11.9 Å². The predicted octanol–water partition coefficient (Wildman–Crippen LogP) is 2.59. The summed E-state index contributed by atoms with van der Waals surface area (Å²) in [5.74, 6) is -1.95. The van der Waals surface area contributed by atoms with E-state index < -0.39 is 27.6 Å². The largest absolute Gasteiger partial charge is 0.322 e. The summed E-state index contributed by atoms with van der Waals surface area (Å²) in [6.45, 7) is 0. The Morgan fingerprint density at radius 2 is 1.82 bits per heavy atom. The number of carbonyl (C=O) groups is 1. The van der Waals surface area contributed by atoms with Gasteiger partial charge in [-0.15, -0.1) is 0 Å². The average Bonchev–Trinajstić information content (AvgIpc) is 2.41. The number of rotatable bonds is 4. The summed E-state index contributed by atoms with van der Waals surface area (Å²) in [5.41, 5.74) is -0.0386. The summed E-state index contributed by atoms with van der Waals surface area (Å²) < 4.78 is 50.9. The van der Waals surface area contributed by atoms with Crippen LogP contribution in [0.4, 0.5) is 20.2 Å². The molecule has 0 fully saturated rings. The molecule has 0 radical (unpaired) electrons. The first-order valence-corrected chi connectivity index (χ1v) is 7.98. The maximum Gasteiger partial charge on any atom is 0.255 e. The first kappa shape index (κ1) is 15.9. The molecule has 0 heterocycles. The highest BCUT2D eigenvalue weighted by Crippen LogP contribution is 2.21. The van der Waals surface area contributed by atoms with Crippen LogP contribution < -0.4 is 10.0 Å². The number of sulfonamides is 1. The molecule has 0 unspecified atom stereocenters. The Morgan fingerprint density at radius 3 is 2.45 bits per heavy atom. The maximum absolute atomic E-state index is 13.5. The van der Waals surface area contributed by atoms with Gasteiger partial charge in [0.1, 0.15) is 11.6 Å². The molecule has 0 saturated heterocycles. The molecule has 8 heteroatoms. The molecule has 1 amide bonds. The second-order valence-corrected chi connectivity index (χ2v) is 6.28. The van der Waals surface area contributed by atoms with Gasteiger partial charge in [0.15, 0.2) is 0 Å². The Balaban J connectivity index is 2.23. The van der Waals surface area contributed by atoms with E-state index in [1.54, 1.807) is 0 Å². The minimum atomic E-state index is -3.65. The molecule has 0 aliphatic heterocycles. The summed E-state index contributed by atoms with van der Waals surface area (Å²) in [6, 6.07) is 8.45. The van der Waals surface area contributed by atoms with Crippen LogP contribution in [0.25, 0.3) is 0 Å². The average molecular weight is 326 g/mol. The molecule has 0 atom stereocenters. The van der Waals surface area contributed by atoms with Crippen LogP contribution in [0.5, 0.6) is 0 Å². The van der Waals surface area contributed by atoms with E-state index >= 15 is 0 Å². The van der Waals surface area contributed by atoms with Crippen LogP contribution >= 0.6 is 0 Å². The zero-order chi connectivity index (χ0) is 16.3. The number of hydrogen-bond acceptors (Lipinski definition) is 3. The van der Waals surface area contributed by atoms with E-state index in [1.165, 1.54) is 24.3 Å². The monoisotopic (exact) mass is 326 g/mol. The van der Waals surface area contributed by atoms with Gasteiger partial charge < -0.3 is 5.32 Å². The van der Waals surface area contributed by atoms with E-state index in [0.29, 0.717) is 0 Å². The van der Waals surface area contributed by atoms with Crippen molar-refractivity contribution in [2.45, 2.75) is 0 Å². The van der Waals surface area contributed by atoms with Gasteiger partial charge in [-0.3, -0.25) is 9.52 Å². The molecule has 116 valence electrons. The number of carbonyl (C=O) groups excluding carboxylic acids is 1. The van der Waals surface area contributed by atoms with Crippen molar-refractivity contribution in [3.8, 4) is 0 Å². The molecule has 0 bridgehead atoms. The molecule has 0 aromatic heterocycles. The van der Waals surface area contributed by atoms with Gasteiger partial charge in [0.2, 0.25) is 10.0 Å². The van der Waals surface area contributed by atoms with Crippen LogP contribution in [0, 0.1) is 11.6 Å². The Bertz CT molecular complexity index is 823. The SMILES string of the molecule is CS(=O)(=O)Nc1cc(NC(=O)c2cccc(F)c2)ccc1F.